The average Bonchev–Trinajstić information content (AvgIpc) is 2.39. The molecule has 0 saturated heterocycles. The van der Waals surface area contributed by atoms with Gasteiger partial charge in [-0.15, -0.1) is 0 Å². The van der Waals surface area contributed by atoms with Gasteiger partial charge in [0.2, 0.25) is 0 Å². The molecule has 2 nitrogen and oxygen atoms in total. The first-order valence-electron chi connectivity index (χ1n) is 7.32. The standard InChI is InChI=1S/C16H24BrNO/c17-14-9-5-4-8-13(14)15(19)16(12-18)10-6-2-1-3-7-11-16/h4-5,8-9,15,19H,1-3,6-7,10-12,18H2. The second-order valence-corrected chi connectivity index (χ2v) is 6.61. The minimum atomic E-state index is -0.467. The van der Waals surface area contributed by atoms with Crippen molar-refractivity contribution in [1.29, 1.82) is 0 Å². The molecule has 0 amide bonds. The zero-order valence-corrected chi connectivity index (χ0v) is 13.0. The highest BCUT2D eigenvalue weighted by molar-refractivity contribution is 9.10. The van der Waals surface area contributed by atoms with E-state index < -0.39 is 6.10 Å². The van der Waals surface area contributed by atoms with Gasteiger partial charge in [0.25, 0.3) is 0 Å². The van der Waals surface area contributed by atoms with Crippen LogP contribution in [0.3, 0.4) is 0 Å². The van der Waals surface area contributed by atoms with Crippen molar-refractivity contribution in [2.24, 2.45) is 11.1 Å². The molecule has 1 aromatic rings. The molecule has 3 N–H and O–H groups in total. The van der Waals surface area contributed by atoms with Gasteiger partial charge in [0.05, 0.1) is 6.10 Å². The van der Waals surface area contributed by atoms with Crippen LogP contribution in [-0.2, 0) is 0 Å². The monoisotopic (exact) mass is 325 g/mol. The molecule has 1 fully saturated rings. The molecular weight excluding hydrogens is 302 g/mol. The molecule has 0 spiro atoms. The maximum atomic E-state index is 10.9. The van der Waals surface area contributed by atoms with E-state index in [0.717, 1.165) is 22.9 Å². The summed E-state index contributed by atoms with van der Waals surface area (Å²) in [6, 6.07) is 7.96. The number of rotatable bonds is 3. The van der Waals surface area contributed by atoms with Gasteiger partial charge < -0.3 is 10.8 Å². The molecule has 1 unspecified atom stereocenters. The number of nitrogens with two attached hydrogens (primary N) is 1. The normalized spacial score (nSPS) is 21.4. The van der Waals surface area contributed by atoms with E-state index >= 15 is 0 Å². The van der Waals surface area contributed by atoms with E-state index in [4.69, 9.17) is 5.73 Å². The summed E-state index contributed by atoms with van der Waals surface area (Å²) < 4.78 is 0.984. The fourth-order valence-electron chi connectivity index (χ4n) is 3.23. The van der Waals surface area contributed by atoms with E-state index in [1.54, 1.807) is 0 Å². The average molecular weight is 326 g/mol. The minimum Gasteiger partial charge on any atom is -0.388 e. The topological polar surface area (TPSA) is 46.2 Å². The summed E-state index contributed by atoms with van der Waals surface area (Å²) in [4.78, 5) is 0. The Balaban J connectivity index is 2.25. The fraction of sp³-hybridized carbons (Fsp3) is 0.625. The molecule has 1 aliphatic rings. The Labute approximate surface area is 124 Å². The summed E-state index contributed by atoms with van der Waals surface area (Å²) in [5.41, 5.74) is 6.90. The summed E-state index contributed by atoms with van der Waals surface area (Å²) in [6.45, 7) is 0.565. The smallest absolute Gasteiger partial charge is 0.0869 e. The molecular formula is C16H24BrNO. The minimum absolute atomic E-state index is 0.149. The van der Waals surface area contributed by atoms with E-state index in [-0.39, 0.29) is 5.41 Å². The van der Waals surface area contributed by atoms with Crippen LogP contribution in [0.5, 0.6) is 0 Å². The maximum Gasteiger partial charge on any atom is 0.0869 e. The van der Waals surface area contributed by atoms with E-state index in [0.29, 0.717) is 6.54 Å². The van der Waals surface area contributed by atoms with Crippen LogP contribution >= 0.6 is 15.9 Å². The molecule has 1 atom stereocenters. The number of hydrogen-bond acceptors (Lipinski definition) is 2. The molecule has 1 aromatic carbocycles. The summed E-state index contributed by atoms with van der Waals surface area (Å²) in [5, 5.41) is 10.9. The number of halogens is 1. The van der Waals surface area contributed by atoms with Gasteiger partial charge in [-0.2, -0.15) is 0 Å². The molecule has 1 saturated carbocycles. The van der Waals surface area contributed by atoms with Crippen molar-refractivity contribution in [1.82, 2.24) is 0 Å². The summed E-state index contributed by atoms with van der Waals surface area (Å²) in [7, 11) is 0. The zero-order chi connectivity index (χ0) is 13.7. The Bertz CT molecular complexity index is 399. The van der Waals surface area contributed by atoms with Crippen LogP contribution < -0.4 is 5.73 Å². The van der Waals surface area contributed by atoms with Crippen LogP contribution in [0.4, 0.5) is 0 Å². The third-order valence-electron chi connectivity index (χ3n) is 4.54. The van der Waals surface area contributed by atoms with Crippen LogP contribution in [0.1, 0.15) is 56.6 Å². The zero-order valence-electron chi connectivity index (χ0n) is 11.4. The van der Waals surface area contributed by atoms with Gasteiger partial charge in [0.1, 0.15) is 0 Å². The first-order chi connectivity index (χ1) is 9.19. The van der Waals surface area contributed by atoms with Crippen LogP contribution in [0.2, 0.25) is 0 Å². The number of aliphatic hydroxyl groups is 1. The SMILES string of the molecule is NCC1(C(O)c2ccccc2Br)CCCCCCC1. The Morgan fingerprint density at radius 2 is 1.68 bits per heavy atom. The van der Waals surface area contributed by atoms with E-state index in [1.807, 2.05) is 24.3 Å². The maximum absolute atomic E-state index is 10.9. The lowest BCUT2D eigenvalue weighted by molar-refractivity contribution is 0.00800. The van der Waals surface area contributed by atoms with Crippen molar-refractivity contribution >= 4 is 15.9 Å². The largest absolute Gasteiger partial charge is 0.388 e. The summed E-state index contributed by atoms with van der Waals surface area (Å²) in [5.74, 6) is 0. The highest BCUT2D eigenvalue weighted by atomic mass is 79.9. The van der Waals surface area contributed by atoms with Gasteiger partial charge in [-0.3, -0.25) is 0 Å². The lowest BCUT2D eigenvalue weighted by Crippen LogP contribution is -2.37. The van der Waals surface area contributed by atoms with Crippen molar-refractivity contribution in [2.75, 3.05) is 6.54 Å². The lowest BCUT2D eigenvalue weighted by Gasteiger charge is -2.39. The van der Waals surface area contributed by atoms with Crippen molar-refractivity contribution < 1.29 is 5.11 Å². The Morgan fingerprint density at radius 3 is 2.26 bits per heavy atom. The molecule has 2 rings (SSSR count). The van der Waals surface area contributed by atoms with Crippen molar-refractivity contribution in [3.8, 4) is 0 Å². The number of benzene rings is 1. The second kappa shape index (κ2) is 6.87. The molecule has 106 valence electrons. The quantitative estimate of drug-likeness (QED) is 0.876. The van der Waals surface area contributed by atoms with E-state index in [2.05, 4.69) is 15.9 Å². The highest BCUT2D eigenvalue weighted by Crippen LogP contribution is 2.45. The molecule has 1 aliphatic carbocycles. The molecule has 0 radical (unpaired) electrons. The van der Waals surface area contributed by atoms with Crippen LogP contribution in [0.15, 0.2) is 28.7 Å². The van der Waals surface area contributed by atoms with Gasteiger partial charge in [0.15, 0.2) is 0 Å². The van der Waals surface area contributed by atoms with Crippen molar-refractivity contribution in [3.63, 3.8) is 0 Å². The van der Waals surface area contributed by atoms with Gasteiger partial charge in [-0.1, -0.05) is 66.2 Å². The number of aliphatic hydroxyl groups excluding tert-OH is 1. The Kier molecular flexibility index (Phi) is 5.43. The second-order valence-electron chi connectivity index (χ2n) is 5.76. The Hall–Kier alpha value is -0.380. The molecule has 0 aromatic heterocycles. The van der Waals surface area contributed by atoms with E-state index in [9.17, 15) is 5.11 Å². The predicted octanol–water partition coefficient (Wildman–Crippen LogP) is 4.17. The van der Waals surface area contributed by atoms with Crippen LogP contribution in [0, 0.1) is 5.41 Å². The molecule has 0 aliphatic heterocycles. The van der Waals surface area contributed by atoms with Gasteiger partial charge in [0, 0.05) is 16.4 Å². The molecule has 0 heterocycles. The van der Waals surface area contributed by atoms with E-state index in [1.165, 1.54) is 32.1 Å². The fourth-order valence-corrected chi connectivity index (χ4v) is 3.73. The Morgan fingerprint density at radius 1 is 1.11 bits per heavy atom. The molecule has 3 heteroatoms. The van der Waals surface area contributed by atoms with Crippen LogP contribution in [-0.4, -0.2) is 11.7 Å². The molecule has 0 bridgehead atoms. The van der Waals surface area contributed by atoms with Crippen molar-refractivity contribution in [3.05, 3.63) is 34.3 Å². The summed E-state index contributed by atoms with van der Waals surface area (Å²) >= 11 is 3.55. The van der Waals surface area contributed by atoms with Gasteiger partial charge in [-0.25, -0.2) is 0 Å². The highest BCUT2D eigenvalue weighted by Gasteiger charge is 2.37. The van der Waals surface area contributed by atoms with Crippen LogP contribution in [0.25, 0.3) is 0 Å². The number of hydrogen-bond donors (Lipinski definition) is 2. The first-order valence-corrected chi connectivity index (χ1v) is 8.11. The van der Waals surface area contributed by atoms with Gasteiger partial charge in [-0.05, 0) is 24.5 Å². The molecule has 19 heavy (non-hydrogen) atoms. The van der Waals surface area contributed by atoms with Gasteiger partial charge >= 0.3 is 0 Å². The first kappa shape index (κ1) is 15.0. The lowest BCUT2D eigenvalue weighted by atomic mass is 9.70. The summed E-state index contributed by atoms with van der Waals surface area (Å²) in [6.07, 6.45) is 7.82. The predicted molar refractivity (Wildman–Crippen MR) is 82.9 cm³/mol. The third-order valence-corrected chi connectivity index (χ3v) is 5.26. The van der Waals surface area contributed by atoms with Crippen molar-refractivity contribution in [2.45, 2.75) is 51.0 Å². The third kappa shape index (κ3) is 3.39.